The van der Waals surface area contributed by atoms with Crippen LogP contribution in [0.2, 0.25) is 5.28 Å². The van der Waals surface area contributed by atoms with E-state index in [1.807, 2.05) is 24.3 Å². The monoisotopic (exact) mass is 1520 g/mol. The number of hydrogen-bond donors (Lipinski definition) is 0. The molecule has 12 heteroatoms. The summed E-state index contributed by atoms with van der Waals surface area (Å²) < 4.78 is 22.2. The zero-order valence-electron chi connectivity index (χ0n) is 65.7. The van der Waals surface area contributed by atoms with Gasteiger partial charge in [0.25, 0.3) is 0 Å². The van der Waals surface area contributed by atoms with E-state index in [1.54, 1.807) is 0 Å². The summed E-state index contributed by atoms with van der Waals surface area (Å²) in [7, 11) is -0.401. The molecule has 6 aromatic heterocycles. The molecule has 1 fully saturated rings. The summed E-state index contributed by atoms with van der Waals surface area (Å²) in [6.45, 7) is 17.6. The molecule has 0 radical (unpaired) electrons. The van der Waals surface area contributed by atoms with Crippen LogP contribution in [0.1, 0.15) is 77.6 Å². The Balaban J connectivity index is 0.000000116. The van der Waals surface area contributed by atoms with E-state index in [4.69, 9.17) is 30.9 Å². The number of rotatable bonds is 8. The summed E-state index contributed by atoms with van der Waals surface area (Å²) in [5, 5.41) is 9.51. The first kappa shape index (κ1) is 70.6. The Labute approximate surface area is 678 Å². The highest BCUT2D eigenvalue weighted by molar-refractivity contribution is 6.62. The maximum atomic E-state index is 6.40. The number of aromatic nitrogens is 8. The summed E-state index contributed by atoms with van der Waals surface area (Å²) in [5.41, 5.74) is 29.2. The van der Waals surface area contributed by atoms with Crippen molar-refractivity contribution in [1.29, 1.82) is 0 Å². The minimum Gasteiger partial charge on any atom is -0.399 e. The summed E-state index contributed by atoms with van der Waals surface area (Å²) >= 11 is 6.20. The molecule has 0 unspecified atom stereocenters. The number of fused-ring (bicyclic) bond motifs is 18. The van der Waals surface area contributed by atoms with Crippen LogP contribution in [0.15, 0.2) is 340 Å². The Morgan fingerprint density at radius 3 is 1.21 bits per heavy atom. The van der Waals surface area contributed by atoms with Gasteiger partial charge in [0, 0.05) is 106 Å². The molecule has 10 nitrogen and oxygen atoms in total. The number of hydrogen-bond acceptors (Lipinski definition) is 6. The average Bonchev–Trinajstić information content (AvgIpc) is 1.57. The fourth-order valence-electron chi connectivity index (χ4n) is 18.4. The van der Waals surface area contributed by atoms with E-state index >= 15 is 0 Å². The van der Waals surface area contributed by atoms with E-state index < -0.39 is 7.12 Å². The molecule has 3 aliphatic rings. The van der Waals surface area contributed by atoms with Crippen LogP contribution in [0.25, 0.3) is 166 Å². The molecule has 2 aliphatic carbocycles. The lowest BCUT2D eigenvalue weighted by atomic mass is 9.78. The Morgan fingerprint density at radius 1 is 0.302 bits per heavy atom. The largest absolute Gasteiger partial charge is 0.494 e. The van der Waals surface area contributed by atoms with E-state index in [2.05, 4.69) is 399 Å². The number of nitrogens with zero attached hydrogens (tertiary/aromatic N) is 8. The van der Waals surface area contributed by atoms with Gasteiger partial charge in [-0.2, -0.15) is 0 Å². The van der Waals surface area contributed by atoms with Crippen molar-refractivity contribution in [3.63, 3.8) is 0 Å². The van der Waals surface area contributed by atoms with Crippen molar-refractivity contribution < 1.29 is 9.31 Å². The summed E-state index contributed by atoms with van der Waals surface area (Å²) in [6.07, 6.45) is 4.35. The predicted octanol–water partition coefficient (Wildman–Crippen LogP) is 25.6. The minimum atomic E-state index is -0.401. The van der Waals surface area contributed by atoms with Crippen molar-refractivity contribution in [3.8, 4) is 78.9 Å². The molecule has 23 rings (SSSR count). The van der Waals surface area contributed by atoms with Gasteiger partial charge in [-0.05, 0) is 198 Å². The quantitative estimate of drug-likeness (QED) is 0.111. The molecule has 0 atom stereocenters. The zero-order chi connectivity index (χ0) is 78.5. The highest BCUT2D eigenvalue weighted by Gasteiger charge is 2.52. The van der Waals surface area contributed by atoms with E-state index in [0.717, 1.165) is 95.0 Å². The third kappa shape index (κ3) is 11.3. The van der Waals surface area contributed by atoms with E-state index in [1.165, 1.54) is 98.9 Å². The standard InChI is InChI=1S/C49H34N4.C32H29BN2O2.C23H17ClN2/c1-49(2)41-19-11-9-17-36(41)37-24-22-32(30-42(37)49)45-39-18-10-12-20-43(39)50-48(51-45)33-23-26-44-40(29-33)38-25-21-31-27-28-52(34-13-5-3-6-14-34)46(31)47(38)53(44)35-15-7-4-8-16-35;1-31(2)32(3,4)37-33(36-31)23-16-18-28-27(21-23)26-17-15-22-19-20-34(24-11-7-5-8-12-24)29(22)30(26)35(28)25-13-9-6-10-14-25;1-23(2)18-9-5-3-7-15(18)16-12-11-14(13-19(16)23)21-17-8-4-6-10-20(17)25-22(24)26-21/h3-30H,1-2H3;5-21H,1-4H3;3-13H,1-2H3. The first-order chi connectivity index (χ1) is 56.4. The predicted molar refractivity (Wildman–Crippen MR) is 480 cm³/mol. The fourth-order valence-corrected chi connectivity index (χ4v) is 18.6. The molecule has 0 bridgehead atoms. The number of para-hydroxylation sites is 6. The molecule has 1 aliphatic heterocycles. The van der Waals surface area contributed by atoms with Gasteiger partial charge in [0.05, 0.1) is 66.7 Å². The maximum Gasteiger partial charge on any atom is 0.494 e. The first-order valence-electron chi connectivity index (χ1n) is 39.9. The van der Waals surface area contributed by atoms with E-state index in [0.29, 0.717) is 0 Å². The molecule has 14 aromatic carbocycles. The van der Waals surface area contributed by atoms with Gasteiger partial charge in [-0.25, -0.2) is 19.9 Å². The topological polar surface area (TPSA) is 89.7 Å². The molecule has 0 saturated carbocycles. The second-order valence-electron chi connectivity index (χ2n) is 32.9. The minimum absolute atomic E-state index is 0.0332. The van der Waals surface area contributed by atoms with Gasteiger partial charge in [-0.3, -0.25) is 0 Å². The Bertz CT molecular complexity index is 7350. The molecule has 0 spiro atoms. The van der Waals surface area contributed by atoms with Crippen LogP contribution in [-0.4, -0.2) is 56.5 Å². The smallest absolute Gasteiger partial charge is 0.399 e. The van der Waals surface area contributed by atoms with Gasteiger partial charge in [0.2, 0.25) is 5.28 Å². The van der Waals surface area contributed by atoms with Gasteiger partial charge in [0.1, 0.15) is 0 Å². The van der Waals surface area contributed by atoms with Crippen molar-refractivity contribution in [2.24, 2.45) is 0 Å². The van der Waals surface area contributed by atoms with Crippen molar-refractivity contribution in [2.45, 2.75) is 77.4 Å². The molecule has 7 heterocycles. The highest BCUT2D eigenvalue weighted by atomic mass is 35.5. The lowest BCUT2D eigenvalue weighted by Crippen LogP contribution is -2.41. The highest BCUT2D eigenvalue weighted by Crippen LogP contribution is 2.52. The van der Waals surface area contributed by atoms with Crippen LogP contribution >= 0.6 is 11.6 Å². The molecular formula is C104H80BClN8O2. The lowest BCUT2D eigenvalue weighted by molar-refractivity contribution is 0.00578. The van der Waals surface area contributed by atoms with Gasteiger partial charge >= 0.3 is 7.12 Å². The second-order valence-corrected chi connectivity index (χ2v) is 33.3. The Kier molecular flexibility index (Phi) is 16.4. The molecule has 558 valence electrons. The van der Waals surface area contributed by atoms with E-state index in [9.17, 15) is 0 Å². The third-order valence-electron chi connectivity index (χ3n) is 25.0. The fraction of sp³-hybridized carbons (Fsp3) is 0.115. The van der Waals surface area contributed by atoms with Crippen molar-refractivity contribution in [2.75, 3.05) is 0 Å². The zero-order valence-corrected chi connectivity index (χ0v) is 66.4. The first-order valence-corrected chi connectivity index (χ1v) is 40.2. The number of benzene rings is 14. The van der Waals surface area contributed by atoms with Crippen LogP contribution in [0.3, 0.4) is 0 Å². The Morgan fingerprint density at radius 2 is 0.707 bits per heavy atom. The summed E-state index contributed by atoms with van der Waals surface area (Å²) in [6, 6.07) is 117. The molecule has 0 amide bonds. The molecule has 20 aromatic rings. The van der Waals surface area contributed by atoms with Gasteiger partial charge in [-0.15, -0.1) is 0 Å². The average molecular weight is 1520 g/mol. The molecule has 1 saturated heterocycles. The molecule has 0 N–H and O–H groups in total. The Hall–Kier alpha value is -13.3. The molecule has 116 heavy (non-hydrogen) atoms. The maximum absolute atomic E-state index is 6.40. The van der Waals surface area contributed by atoms with Crippen LogP contribution in [0.5, 0.6) is 0 Å². The summed E-state index contributed by atoms with van der Waals surface area (Å²) in [4.78, 5) is 19.5. The van der Waals surface area contributed by atoms with Gasteiger partial charge in [0.15, 0.2) is 5.82 Å². The van der Waals surface area contributed by atoms with Gasteiger partial charge < -0.3 is 27.6 Å². The molecular weight excluding hydrogens is 1440 g/mol. The second kappa shape index (κ2) is 26.9. The van der Waals surface area contributed by atoms with Crippen molar-refractivity contribution in [3.05, 3.63) is 368 Å². The van der Waals surface area contributed by atoms with E-state index in [-0.39, 0.29) is 27.3 Å². The van der Waals surface area contributed by atoms with Crippen LogP contribution in [0, 0.1) is 0 Å². The van der Waals surface area contributed by atoms with Crippen molar-refractivity contribution >= 4 is 111 Å². The van der Waals surface area contributed by atoms with Gasteiger partial charge in [-0.1, -0.05) is 246 Å². The SMILES string of the molecule is CC1(C)OB(c2ccc3c(c2)c2ccc4ccn(-c5ccccc5)c4c2n3-c2ccccc2)OC1(C)C.CC1(C)c2ccccc2-c2ccc(-c3nc(-c4ccc5c(c4)c4ccc6ccn(-c7ccccc7)c6c4n5-c4ccccc4)nc4ccccc34)cc21.CC1(C)c2ccccc2-c2ccc(-c3nc(Cl)nc4ccccc34)cc21. The summed E-state index contributed by atoms with van der Waals surface area (Å²) in [5.74, 6) is 0.720. The van der Waals surface area contributed by atoms with Crippen molar-refractivity contribution in [1.82, 2.24) is 38.2 Å². The van der Waals surface area contributed by atoms with Crippen LogP contribution in [0.4, 0.5) is 0 Å². The third-order valence-corrected chi connectivity index (χ3v) is 25.1. The number of halogens is 1. The normalized spacial score (nSPS) is 14.6. The van der Waals surface area contributed by atoms with Crippen LogP contribution in [-0.2, 0) is 20.1 Å². The lowest BCUT2D eigenvalue weighted by Gasteiger charge is -2.32. The van der Waals surface area contributed by atoms with Crippen LogP contribution < -0.4 is 5.46 Å².